The van der Waals surface area contributed by atoms with Crippen LogP contribution in [0.15, 0.2) is 12.1 Å². The molecule has 0 amide bonds. The first-order valence-electron chi connectivity index (χ1n) is 9.17. The van der Waals surface area contributed by atoms with Crippen molar-refractivity contribution in [3.63, 3.8) is 0 Å². The zero-order valence-corrected chi connectivity index (χ0v) is 17.9. The summed E-state index contributed by atoms with van der Waals surface area (Å²) in [7, 11) is 1.84. The van der Waals surface area contributed by atoms with E-state index in [-0.39, 0.29) is 5.75 Å². The Bertz CT molecular complexity index is 634. The fraction of sp³-hybridized carbons (Fsp3) is 0.700. The van der Waals surface area contributed by atoms with Gasteiger partial charge in [0, 0.05) is 0 Å². The average Bonchev–Trinajstić information content (AvgIpc) is 2.58. The maximum Gasteiger partial charge on any atom is 0.203 e. The molecule has 0 aromatic heterocycles. The molecular formula is C20H34O5S. The second-order valence-electron chi connectivity index (χ2n) is 7.48. The van der Waals surface area contributed by atoms with Gasteiger partial charge in [-0.1, -0.05) is 19.3 Å². The number of methoxy groups -OCH3 is 3. The highest BCUT2D eigenvalue weighted by Gasteiger charge is 2.27. The van der Waals surface area contributed by atoms with Crippen molar-refractivity contribution >= 4 is 9.84 Å². The van der Waals surface area contributed by atoms with Crippen LogP contribution in [-0.2, 0) is 16.3 Å². The highest BCUT2D eigenvalue weighted by molar-refractivity contribution is 7.92. The van der Waals surface area contributed by atoms with Gasteiger partial charge in [0.05, 0.1) is 31.8 Å². The van der Waals surface area contributed by atoms with Crippen molar-refractivity contribution in [2.75, 3.05) is 27.1 Å². The molecule has 1 aromatic rings. The summed E-state index contributed by atoms with van der Waals surface area (Å²) in [4.78, 5) is 0. The van der Waals surface area contributed by atoms with Crippen LogP contribution in [0.2, 0.25) is 0 Å². The van der Waals surface area contributed by atoms with Gasteiger partial charge in [0.25, 0.3) is 0 Å². The lowest BCUT2D eigenvalue weighted by Crippen LogP contribution is -2.30. The maximum atomic E-state index is 12.1. The van der Waals surface area contributed by atoms with Gasteiger partial charge in [-0.3, -0.25) is 0 Å². The molecule has 0 aliphatic rings. The molecule has 0 unspecified atom stereocenters. The first-order valence-corrected chi connectivity index (χ1v) is 10.8. The smallest absolute Gasteiger partial charge is 0.203 e. The van der Waals surface area contributed by atoms with Crippen molar-refractivity contribution in [1.82, 2.24) is 0 Å². The van der Waals surface area contributed by atoms with Gasteiger partial charge in [-0.05, 0) is 57.7 Å². The normalized spacial score (nSPS) is 12.1. The Labute approximate surface area is 159 Å². The third-order valence-electron chi connectivity index (χ3n) is 4.54. The summed E-state index contributed by atoms with van der Waals surface area (Å²) < 4.78 is 39.6. The third kappa shape index (κ3) is 6.38. The summed E-state index contributed by atoms with van der Waals surface area (Å²) in [6.07, 6.45) is 5.78. The van der Waals surface area contributed by atoms with Gasteiger partial charge in [-0.2, -0.15) is 0 Å². The second kappa shape index (κ2) is 10.0. The van der Waals surface area contributed by atoms with E-state index >= 15 is 0 Å². The fourth-order valence-corrected chi connectivity index (χ4v) is 3.93. The number of unbranched alkanes of at least 4 members (excludes halogenated alkanes) is 4. The summed E-state index contributed by atoms with van der Waals surface area (Å²) in [5, 5.41) is 0. The van der Waals surface area contributed by atoms with Gasteiger partial charge in [0.1, 0.15) is 0 Å². The molecule has 1 aromatic carbocycles. The van der Waals surface area contributed by atoms with E-state index in [4.69, 9.17) is 14.2 Å². The highest BCUT2D eigenvalue weighted by Crippen LogP contribution is 2.38. The van der Waals surface area contributed by atoms with Crippen molar-refractivity contribution in [3.8, 4) is 17.2 Å². The molecule has 0 aliphatic heterocycles. The minimum absolute atomic E-state index is 0.281. The molecule has 0 bridgehead atoms. The summed E-state index contributed by atoms with van der Waals surface area (Å²) in [6, 6.07) is 3.97. The number of benzene rings is 1. The van der Waals surface area contributed by atoms with Crippen LogP contribution in [0.1, 0.15) is 58.4 Å². The molecular weight excluding hydrogens is 352 g/mol. The molecule has 0 spiro atoms. The lowest BCUT2D eigenvalue weighted by atomic mass is 10.0. The Balaban J connectivity index is 2.41. The van der Waals surface area contributed by atoms with Crippen molar-refractivity contribution < 1.29 is 22.6 Å². The van der Waals surface area contributed by atoms with Crippen LogP contribution in [0, 0.1) is 0 Å². The number of rotatable bonds is 11. The minimum Gasteiger partial charge on any atom is -0.493 e. The molecule has 0 N–H and O–H groups in total. The number of hydrogen-bond donors (Lipinski definition) is 0. The molecule has 0 radical (unpaired) electrons. The Morgan fingerprint density at radius 2 is 1.31 bits per heavy atom. The minimum atomic E-state index is -3.00. The quantitative estimate of drug-likeness (QED) is 0.527. The lowest BCUT2D eigenvalue weighted by Gasteiger charge is -2.18. The predicted molar refractivity (Wildman–Crippen MR) is 106 cm³/mol. The molecule has 26 heavy (non-hydrogen) atoms. The average molecular weight is 387 g/mol. The standard InChI is InChI=1S/C20H34O5S/c1-20(2,3)26(21,22)13-11-9-7-8-10-12-16-14-17(23-4)19(25-6)18(15-16)24-5/h14-15H,7-13H2,1-6H3. The van der Waals surface area contributed by atoms with E-state index in [0.29, 0.717) is 17.2 Å². The van der Waals surface area contributed by atoms with Crippen molar-refractivity contribution in [2.24, 2.45) is 0 Å². The molecule has 0 saturated carbocycles. The Hall–Kier alpha value is -1.43. The van der Waals surface area contributed by atoms with E-state index in [1.807, 2.05) is 12.1 Å². The number of sulfone groups is 1. The summed E-state index contributed by atoms with van der Waals surface area (Å²) in [5.41, 5.74) is 1.15. The first kappa shape index (κ1) is 22.6. The third-order valence-corrected chi connectivity index (χ3v) is 7.23. The van der Waals surface area contributed by atoms with E-state index in [0.717, 1.165) is 44.1 Å². The number of aryl methyl sites for hydroxylation is 1. The largest absolute Gasteiger partial charge is 0.493 e. The van der Waals surface area contributed by atoms with Gasteiger partial charge in [-0.25, -0.2) is 8.42 Å². The SMILES string of the molecule is COc1cc(CCCCCCCS(=O)(=O)C(C)(C)C)cc(OC)c1OC. The lowest BCUT2D eigenvalue weighted by molar-refractivity contribution is 0.323. The van der Waals surface area contributed by atoms with Gasteiger partial charge in [0.15, 0.2) is 21.3 Å². The number of ether oxygens (including phenoxy) is 3. The van der Waals surface area contributed by atoms with Gasteiger partial charge in [0.2, 0.25) is 5.75 Å². The van der Waals surface area contributed by atoms with E-state index in [9.17, 15) is 8.42 Å². The van der Waals surface area contributed by atoms with Crippen LogP contribution < -0.4 is 14.2 Å². The van der Waals surface area contributed by atoms with Gasteiger partial charge < -0.3 is 14.2 Å². The topological polar surface area (TPSA) is 61.8 Å². The van der Waals surface area contributed by atoms with Crippen LogP contribution in [-0.4, -0.2) is 40.2 Å². The van der Waals surface area contributed by atoms with Crippen molar-refractivity contribution in [2.45, 2.75) is 64.0 Å². The maximum absolute atomic E-state index is 12.1. The van der Waals surface area contributed by atoms with Gasteiger partial charge in [-0.15, -0.1) is 0 Å². The zero-order valence-electron chi connectivity index (χ0n) is 17.1. The molecule has 5 nitrogen and oxygen atoms in total. The zero-order chi connectivity index (χ0) is 19.8. The Kier molecular flexibility index (Phi) is 8.74. The van der Waals surface area contributed by atoms with Crippen LogP contribution in [0.3, 0.4) is 0 Å². The van der Waals surface area contributed by atoms with E-state index < -0.39 is 14.6 Å². The molecule has 0 heterocycles. The van der Waals surface area contributed by atoms with E-state index in [2.05, 4.69) is 0 Å². The van der Waals surface area contributed by atoms with E-state index in [1.54, 1.807) is 42.1 Å². The molecule has 150 valence electrons. The second-order valence-corrected chi connectivity index (χ2v) is 10.3. The Morgan fingerprint density at radius 1 is 0.808 bits per heavy atom. The van der Waals surface area contributed by atoms with E-state index in [1.165, 1.54) is 0 Å². The first-order chi connectivity index (χ1) is 12.2. The van der Waals surface area contributed by atoms with Crippen molar-refractivity contribution in [1.29, 1.82) is 0 Å². The molecule has 0 saturated heterocycles. The van der Waals surface area contributed by atoms with Gasteiger partial charge >= 0.3 is 0 Å². The predicted octanol–water partition coefficient (Wildman–Crippen LogP) is 4.42. The van der Waals surface area contributed by atoms with Crippen molar-refractivity contribution in [3.05, 3.63) is 17.7 Å². The fourth-order valence-electron chi connectivity index (χ4n) is 2.74. The molecule has 6 heteroatoms. The Morgan fingerprint density at radius 3 is 1.77 bits per heavy atom. The molecule has 0 fully saturated rings. The summed E-state index contributed by atoms with van der Waals surface area (Å²) >= 11 is 0. The molecule has 0 aliphatic carbocycles. The molecule has 0 atom stereocenters. The van der Waals surface area contributed by atoms with Crippen LogP contribution in [0.25, 0.3) is 0 Å². The van der Waals surface area contributed by atoms with Crippen LogP contribution >= 0.6 is 0 Å². The summed E-state index contributed by atoms with van der Waals surface area (Å²) in [6.45, 7) is 5.29. The molecule has 1 rings (SSSR count). The number of hydrogen-bond acceptors (Lipinski definition) is 5. The highest BCUT2D eigenvalue weighted by atomic mass is 32.2. The monoisotopic (exact) mass is 386 g/mol. The van der Waals surface area contributed by atoms with Crippen LogP contribution in [0.5, 0.6) is 17.2 Å². The summed E-state index contributed by atoms with van der Waals surface area (Å²) in [5.74, 6) is 2.24. The van der Waals surface area contributed by atoms with Crippen LogP contribution in [0.4, 0.5) is 0 Å².